The van der Waals surface area contributed by atoms with Crippen molar-refractivity contribution in [3.05, 3.63) is 59.1 Å². The fourth-order valence-corrected chi connectivity index (χ4v) is 4.44. The van der Waals surface area contributed by atoms with Gasteiger partial charge in [0.2, 0.25) is 5.91 Å². The minimum atomic E-state index is -0.259. The van der Waals surface area contributed by atoms with Crippen molar-refractivity contribution in [3.8, 4) is 0 Å². The van der Waals surface area contributed by atoms with Gasteiger partial charge in [-0.25, -0.2) is 0 Å². The number of nitrogens with two attached hydrogens (primary N) is 1. The molecule has 4 rings (SSSR count). The molecule has 1 aliphatic heterocycles. The van der Waals surface area contributed by atoms with Gasteiger partial charge in [0.05, 0.1) is 10.2 Å². The lowest BCUT2D eigenvalue weighted by Gasteiger charge is -2.30. The molecular weight excluding hydrogens is 346 g/mol. The van der Waals surface area contributed by atoms with Crippen LogP contribution in [0.25, 0.3) is 10.2 Å². The zero-order valence-corrected chi connectivity index (χ0v) is 15.2. The predicted molar refractivity (Wildman–Crippen MR) is 103 cm³/mol. The van der Waals surface area contributed by atoms with Gasteiger partial charge in [-0.2, -0.15) is 0 Å². The molecule has 0 unspecified atom stereocenters. The number of piperidine rings is 1. The highest BCUT2D eigenvalue weighted by molar-refractivity contribution is 7.17. The van der Waals surface area contributed by atoms with Crippen LogP contribution in [-0.4, -0.2) is 34.4 Å². The highest BCUT2D eigenvalue weighted by Crippen LogP contribution is 2.28. The van der Waals surface area contributed by atoms with E-state index in [1.807, 2.05) is 29.2 Å². The van der Waals surface area contributed by atoms with Crippen molar-refractivity contribution >= 4 is 33.4 Å². The molecule has 2 amide bonds. The second kappa shape index (κ2) is 6.96. The zero-order chi connectivity index (χ0) is 18.1. The van der Waals surface area contributed by atoms with Crippen LogP contribution in [0.3, 0.4) is 0 Å². The van der Waals surface area contributed by atoms with E-state index in [4.69, 9.17) is 5.73 Å². The third-order valence-corrected chi connectivity index (χ3v) is 5.96. The first-order chi connectivity index (χ1) is 12.6. The van der Waals surface area contributed by atoms with Crippen molar-refractivity contribution in [1.82, 2.24) is 9.47 Å². The van der Waals surface area contributed by atoms with Crippen LogP contribution in [-0.2, 0) is 11.3 Å². The summed E-state index contributed by atoms with van der Waals surface area (Å²) >= 11 is 1.65. The Morgan fingerprint density at radius 3 is 2.54 bits per heavy atom. The number of amides is 2. The highest BCUT2D eigenvalue weighted by atomic mass is 32.1. The maximum Gasteiger partial charge on any atom is 0.270 e. The number of rotatable bonds is 4. The Labute approximate surface area is 156 Å². The normalized spacial score (nSPS) is 15.5. The van der Waals surface area contributed by atoms with Crippen molar-refractivity contribution in [2.75, 3.05) is 13.1 Å². The Morgan fingerprint density at radius 1 is 1.12 bits per heavy atom. The van der Waals surface area contributed by atoms with Crippen molar-refractivity contribution in [3.63, 3.8) is 0 Å². The summed E-state index contributed by atoms with van der Waals surface area (Å²) in [6.45, 7) is 1.83. The van der Waals surface area contributed by atoms with Crippen LogP contribution < -0.4 is 5.73 Å². The monoisotopic (exact) mass is 367 g/mol. The first-order valence-corrected chi connectivity index (χ1v) is 9.70. The Bertz CT molecular complexity index is 937. The first kappa shape index (κ1) is 16.8. The van der Waals surface area contributed by atoms with Gasteiger partial charge in [0.15, 0.2) is 0 Å². The van der Waals surface area contributed by atoms with Crippen LogP contribution >= 0.6 is 11.3 Å². The third-order valence-electron chi connectivity index (χ3n) is 5.11. The van der Waals surface area contributed by atoms with E-state index < -0.39 is 0 Å². The Balaban J connectivity index is 1.62. The fraction of sp³-hybridized carbons (Fsp3) is 0.300. The van der Waals surface area contributed by atoms with Gasteiger partial charge in [-0.15, -0.1) is 11.3 Å². The number of thiophene rings is 1. The lowest BCUT2D eigenvalue weighted by atomic mass is 9.96. The summed E-state index contributed by atoms with van der Waals surface area (Å²) in [4.78, 5) is 26.4. The largest absolute Gasteiger partial charge is 0.369 e. The van der Waals surface area contributed by atoms with E-state index in [2.05, 4.69) is 28.1 Å². The number of hydrogen-bond acceptors (Lipinski definition) is 3. The van der Waals surface area contributed by atoms with Crippen LogP contribution in [0.4, 0.5) is 0 Å². The van der Waals surface area contributed by atoms with E-state index in [9.17, 15) is 9.59 Å². The number of carbonyl (C=O) groups is 2. The van der Waals surface area contributed by atoms with E-state index in [1.54, 1.807) is 11.3 Å². The minimum absolute atomic E-state index is 0.0345. The Morgan fingerprint density at radius 2 is 1.85 bits per heavy atom. The average Bonchev–Trinajstić information content (AvgIpc) is 3.25. The number of carbonyl (C=O) groups excluding carboxylic acids is 2. The quantitative estimate of drug-likeness (QED) is 0.770. The van der Waals surface area contributed by atoms with Gasteiger partial charge in [0.25, 0.3) is 5.91 Å². The van der Waals surface area contributed by atoms with E-state index in [0.29, 0.717) is 38.2 Å². The highest BCUT2D eigenvalue weighted by Gasteiger charge is 2.28. The standard InChI is InChI=1S/C20H21N3O2S/c21-19(24)15-6-9-22(10-7-15)20(25)17-12-18-16(8-11-26-18)23(17)13-14-4-2-1-3-5-14/h1-5,8,11-12,15H,6-7,9-10,13H2,(H2,21,24). The van der Waals surface area contributed by atoms with Crippen LogP contribution in [0.5, 0.6) is 0 Å². The van der Waals surface area contributed by atoms with Crippen LogP contribution in [0.2, 0.25) is 0 Å². The molecule has 1 aromatic carbocycles. The van der Waals surface area contributed by atoms with Crippen molar-refractivity contribution in [1.29, 1.82) is 0 Å². The molecule has 0 saturated carbocycles. The Kier molecular flexibility index (Phi) is 4.51. The lowest BCUT2D eigenvalue weighted by molar-refractivity contribution is -0.123. The maximum atomic E-state index is 13.1. The number of benzene rings is 1. The summed E-state index contributed by atoms with van der Waals surface area (Å²) in [7, 11) is 0. The van der Waals surface area contributed by atoms with Gasteiger partial charge in [0, 0.05) is 25.6 Å². The molecule has 3 aromatic rings. The molecule has 1 aliphatic rings. The molecule has 2 N–H and O–H groups in total. The number of hydrogen-bond donors (Lipinski definition) is 1. The molecule has 0 radical (unpaired) electrons. The molecule has 5 nitrogen and oxygen atoms in total. The summed E-state index contributed by atoms with van der Waals surface area (Å²) in [5.41, 5.74) is 8.37. The van der Waals surface area contributed by atoms with Gasteiger partial charge in [-0.05, 0) is 35.9 Å². The second-order valence-corrected chi connectivity index (χ2v) is 7.69. The molecule has 0 spiro atoms. The molecule has 134 valence electrons. The molecule has 0 aliphatic carbocycles. The molecule has 6 heteroatoms. The first-order valence-electron chi connectivity index (χ1n) is 8.83. The van der Waals surface area contributed by atoms with Crippen molar-refractivity contribution in [2.24, 2.45) is 11.7 Å². The number of primary amides is 1. The molecule has 0 atom stereocenters. The van der Waals surface area contributed by atoms with E-state index >= 15 is 0 Å². The maximum absolute atomic E-state index is 13.1. The summed E-state index contributed by atoms with van der Waals surface area (Å²) < 4.78 is 3.22. The number of likely N-dealkylation sites (tertiary alicyclic amines) is 1. The van der Waals surface area contributed by atoms with E-state index in [-0.39, 0.29) is 17.7 Å². The molecular formula is C20H21N3O2S. The molecule has 26 heavy (non-hydrogen) atoms. The van der Waals surface area contributed by atoms with E-state index in [0.717, 1.165) is 15.8 Å². The fourth-order valence-electron chi connectivity index (χ4n) is 3.62. The summed E-state index contributed by atoms with van der Waals surface area (Å²) in [6, 6.07) is 14.2. The molecule has 1 saturated heterocycles. The third kappa shape index (κ3) is 3.12. The van der Waals surface area contributed by atoms with Crippen molar-refractivity contribution < 1.29 is 9.59 Å². The predicted octanol–water partition coefficient (Wildman–Crippen LogP) is 3.09. The van der Waals surface area contributed by atoms with Gasteiger partial charge >= 0.3 is 0 Å². The van der Waals surface area contributed by atoms with E-state index in [1.165, 1.54) is 0 Å². The number of aromatic nitrogens is 1. The van der Waals surface area contributed by atoms with Gasteiger partial charge < -0.3 is 15.2 Å². The minimum Gasteiger partial charge on any atom is -0.369 e. The summed E-state index contributed by atoms with van der Waals surface area (Å²) in [5, 5.41) is 2.05. The Hall–Kier alpha value is -2.60. The second-order valence-electron chi connectivity index (χ2n) is 6.74. The average molecular weight is 367 g/mol. The smallest absolute Gasteiger partial charge is 0.270 e. The number of nitrogens with zero attached hydrogens (tertiary/aromatic N) is 2. The van der Waals surface area contributed by atoms with Crippen LogP contribution in [0.15, 0.2) is 47.8 Å². The molecule has 2 aromatic heterocycles. The topological polar surface area (TPSA) is 68.3 Å². The molecule has 1 fully saturated rings. The van der Waals surface area contributed by atoms with Gasteiger partial charge in [0.1, 0.15) is 5.69 Å². The van der Waals surface area contributed by atoms with Crippen molar-refractivity contribution in [2.45, 2.75) is 19.4 Å². The summed E-state index contributed by atoms with van der Waals surface area (Å²) in [5.74, 6) is -0.337. The van der Waals surface area contributed by atoms with Gasteiger partial charge in [-0.1, -0.05) is 30.3 Å². The van der Waals surface area contributed by atoms with Gasteiger partial charge in [-0.3, -0.25) is 9.59 Å². The zero-order valence-electron chi connectivity index (χ0n) is 14.4. The number of fused-ring (bicyclic) bond motifs is 1. The van der Waals surface area contributed by atoms with Crippen LogP contribution in [0, 0.1) is 5.92 Å². The SMILES string of the molecule is NC(=O)C1CCN(C(=O)c2cc3sccc3n2Cc2ccccc2)CC1. The lowest BCUT2D eigenvalue weighted by Crippen LogP contribution is -2.42. The van der Waals surface area contributed by atoms with Crippen LogP contribution in [0.1, 0.15) is 28.9 Å². The molecule has 0 bridgehead atoms. The summed E-state index contributed by atoms with van der Waals surface area (Å²) in [6.07, 6.45) is 1.30. The molecule has 3 heterocycles.